The lowest BCUT2D eigenvalue weighted by molar-refractivity contribution is 0.867. The maximum atomic E-state index is 6.15. The molecule has 3 aromatic carbocycles. The molecule has 0 fully saturated rings. The number of benzene rings is 3. The zero-order chi connectivity index (χ0) is 18.5. The van der Waals surface area contributed by atoms with Crippen molar-refractivity contribution in [3.05, 3.63) is 81.8 Å². The summed E-state index contributed by atoms with van der Waals surface area (Å²) < 4.78 is 0. The van der Waals surface area contributed by atoms with Gasteiger partial charge in [-0.3, -0.25) is 5.43 Å². The summed E-state index contributed by atoms with van der Waals surface area (Å²) in [4.78, 5) is 0. The van der Waals surface area contributed by atoms with Crippen molar-refractivity contribution < 1.29 is 0 Å². The molecular weight excluding hydrogens is 385 g/mol. The average molecular weight is 402 g/mol. The molecule has 0 spiro atoms. The van der Waals surface area contributed by atoms with E-state index >= 15 is 0 Å². The molecule has 0 aliphatic carbocycles. The summed E-state index contributed by atoms with van der Waals surface area (Å²) in [6.07, 6.45) is 0. The Labute approximate surface area is 168 Å². The van der Waals surface area contributed by atoms with Crippen LogP contribution in [0.15, 0.2) is 65.8 Å². The Kier molecular flexibility index (Phi) is 6.09. The minimum atomic E-state index is 0.418. The second kappa shape index (κ2) is 8.49. The van der Waals surface area contributed by atoms with E-state index in [-0.39, 0.29) is 0 Å². The molecule has 6 heteroatoms. The number of nitrogens with one attached hydrogen (secondary N) is 2. The number of nitrogens with zero attached hydrogens (tertiary/aromatic N) is 1. The summed E-state index contributed by atoms with van der Waals surface area (Å²) in [7, 11) is 0. The molecule has 0 amide bonds. The SMILES string of the molecule is C/C(=N\NC(=S)NCc1cc(Cl)ccc1Cl)c1ccc2ccccc2c1. The quantitative estimate of drug-likeness (QED) is 0.342. The average Bonchev–Trinajstić information content (AvgIpc) is 2.66. The molecule has 3 aromatic rings. The Balaban J connectivity index is 1.62. The summed E-state index contributed by atoms with van der Waals surface area (Å²) >= 11 is 17.4. The van der Waals surface area contributed by atoms with Gasteiger partial charge in [-0.25, -0.2) is 0 Å². The maximum absolute atomic E-state index is 6.15. The predicted octanol–water partition coefficient (Wildman–Crippen LogP) is 5.53. The molecule has 3 nitrogen and oxygen atoms in total. The smallest absolute Gasteiger partial charge is 0.187 e. The number of hydrogen-bond donors (Lipinski definition) is 2. The Bertz CT molecular complexity index is 986. The second-order valence-corrected chi connectivity index (χ2v) is 7.04. The van der Waals surface area contributed by atoms with Crippen molar-refractivity contribution in [2.75, 3.05) is 0 Å². The number of thiocarbonyl (C=S) groups is 1. The number of rotatable bonds is 4. The van der Waals surface area contributed by atoms with Crippen LogP contribution >= 0.6 is 35.4 Å². The monoisotopic (exact) mass is 401 g/mol. The second-order valence-electron chi connectivity index (χ2n) is 5.79. The zero-order valence-corrected chi connectivity index (χ0v) is 16.4. The van der Waals surface area contributed by atoms with E-state index in [0.29, 0.717) is 21.7 Å². The van der Waals surface area contributed by atoms with E-state index in [4.69, 9.17) is 35.4 Å². The Morgan fingerprint density at radius 2 is 1.77 bits per heavy atom. The third-order valence-corrected chi connectivity index (χ3v) is 4.78. The van der Waals surface area contributed by atoms with Gasteiger partial charge in [-0.2, -0.15) is 5.10 Å². The van der Waals surface area contributed by atoms with E-state index in [1.54, 1.807) is 12.1 Å². The van der Waals surface area contributed by atoms with E-state index in [1.165, 1.54) is 10.8 Å². The van der Waals surface area contributed by atoms with E-state index in [9.17, 15) is 0 Å². The van der Waals surface area contributed by atoms with E-state index in [2.05, 4.69) is 40.1 Å². The topological polar surface area (TPSA) is 36.4 Å². The van der Waals surface area contributed by atoms with Gasteiger partial charge in [0, 0.05) is 16.6 Å². The molecule has 0 aromatic heterocycles. The van der Waals surface area contributed by atoms with Gasteiger partial charge in [0.15, 0.2) is 5.11 Å². The van der Waals surface area contributed by atoms with Crippen LogP contribution in [0.5, 0.6) is 0 Å². The van der Waals surface area contributed by atoms with Gasteiger partial charge in [0.2, 0.25) is 0 Å². The van der Waals surface area contributed by atoms with Crippen LogP contribution in [0.1, 0.15) is 18.1 Å². The molecule has 0 bridgehead atoms. The number of fused-ring (bicyclic) bond motifs is 1. The number of hydrazone groups is 1. The molecule has 3 rings (SSSR count). The van der Waals surface area contributed by atoms with Gasteiger partial charge < -0.3 is 5.32 Å². The van der Waals surface area contributed by atoms with Crippen molar-refractivity contribution in [3.63, 3.8) is 0 Å². The van der Waals surface area contributed by atoms with E-state index < -0.39 is 0 Å². The molecule has 2 N–H and O–H groups in total. The Morgan fingerprint density at radius 3 is 2.58 bits per heavy atom. The molecule has 132 valence electrons. The molecule has 0 radical (unpaired) electrons. The highest BCUT2D eigenvalue weighted by atomic mass is 35.5. The van der Waals surface area contributed by atoms with Gasteiger partial charge >= 0.3 is 0 Å². The molecule has 0 aliphatic rings. The first-order chi connectivity index (χ1) is 12.5. The first kappa shape index (κ1) is 18.6. The lowest BCUT2D eigenvalue weighted by atomic mass is 10.0. The Morgan fingerprint density at radius 1 is 1.00 bits per heavy atom. The highest BCUT2D eigenvalue weighted by Gasteiger charge is 2.03. The van der Waals surface area contributed by atoms with Crippen LogP contribution in [0.3, 0.4) is 0 Å². The fourth-order valence-electron chi connectivity index (χ4n) is 2.51. The normalized spacial score (nSPS) is 11.4. The standard InChI is InChI=1S/C20H17Cl2N3S/c1-13(15-7-6-14-4-2-3-5-16(14)10-15)24-25-20(26)23-12-17-11-18(21)8-9-19(17)22/h2-11H,12H2,1H3,(H2,23,25,26)/b24-13+. The van der Waals surface area contributed by atoms with Crippen LogP contribution in [0, 0.1) is 0 Å². The number of hydrogen-bond acceptors (Lipinski definition) is 2. The minimum absolute atomic E-state index is 0.418. The van der Waals surface area contributed by atoms with Gasteiger partial charge in [-0.15, -0.1) is 0 Å². The van der Waals surface area contributed by atoms with Crippen molar-refractivity contribution in [1.29, 1.82) is 0 Å². The van der Waals surface area contributed by atoms with Crippen molar-refractivity contribution in [2.24, 2.45) is 5.10 Å². The maximum Gasteiger partial charge on any atom is 0.187 e. The summed E-state index contributed by atoms with van der Waals surface area (Å²) in [5.74, 6) is 0. The van der Waals surface area contributed by atoms with Crippen molar-refractivity contribution >= 4 is 57.0 Å². The van der Waals surface area contributed by atoms with Crippen LogP contribution in [0.2, 0.25) is 10.0 Å². The summed E-state index contributed by atoms with van der Waals surface area (Å²) in [6.45, 7) is 2.41. The lowest BCUT2D eigenvalue weighted by Gasteiger charge is -2.10. The van der Waals surface area contributed by atoms with Crippen LogP contribution in [-0.2, 0) is 6.54 Å². The molecule has 0 aliphatic heterocycles. The van der Waals surface area contributed by atoms with Crippen molar-refractivity contribution in [3.8, 4) is 0 Å². The molecule has 0 saturated heterocycles. The molecule has 26 heavy (non-hydrogen) atoms. The third kappa shape index (κ3) is 4.73. The van der Waals surface area contributed by atoms with Crippen LogP contribution in [0.4, 0.5) is 0 Å². The highest BCUT2D eigenvalue weighted by molar-refractivity contribution is 7.80. The predicted molar refractivity (Wildman–Crippen MR) is 115 cm³/mol. The van der Waals surface area contributed by atoms with E-state index in [0.717, 1.165) is 16.8 Å². The van der Waals surface area contributed by atoms with Gasteiger partial charge in [-0.05, 0) is 65.3 Å². The van der Waals surface area contributed by atoms with Crippen LogP contribution in [0.25, 0.3) is 10.8 Å². The van der Waals surface area contributed by atoms with Crippen LogP contribution < -0.4 is 10.7 Å². The van der Waals surface area contributed by atoms with Crippen molar-refractivity contribution in [2.45, 2.75) is 13.5 Å². The van der Waals surface area contributed by atoms with Gasteiger partial charge in [0.1, 0.15) is 0 Å². The summed E-state index contributed by atoms with van der Waals surface area (Å²) in [5, 5.41) is 11.5. The summed E-state index contributed by atoms with van der Waals surface area (Å²) in [6, 6.07) is 19.8. The first-order valence-corrected chi connectivity index (χ1v) is 9.20. The fraction of sp³-hybridized carbons (Fsp3) is 0.100. The van der Waals surface area contributed by atoms with Crippen LogP contribution in [-0.4, -0.2) is 10.8 Å². The number of halogens is 2. The molecule has 0 heterocycles. The summed E-state index contributed by atoms with van der Waals surface area (Å²) in [5.41, 5.74) is 5.63. The molecule has 0 atom stereocenters. The Hall–Kier alpha value is -2.14. The van der Waals surface area contributed by atoms with Gasteiger partial charge in [0.05, 0.1) is 5.71 Å². The lowest BCUT2D eigenvalue weighted by Crippen LogP contribution is -2.32. The first-order valence-electron chi connectivity index (χ1n) is 8.04. The van der Waals surface area contributed by atoms with E-state index in [1.807, 2.05) is 31.2 Å². The largest absolute Gasteiger partial charge is 0.357 e. The van der Waals surface area contributed by atoms with Gasteiger partial charge in [0.25, 0.3) is 0 Å². The molecular formula is C20H17Cl2N3S. The minimum Gasteiger partial charge on any atom is -0.357 e. The highest BCUT2D eigenvalue weighted by Crippen LogP contribution is 2.20. The third-order valence-electron chi connectivity index (χ3n) is 3.94. The molecule has 0 saturated carbocycles. The fourth-order valence-corrected chi connectivity index (χ4v) is 3.00. The van der Waals surface area contributed by atoms with Gasteiger partial charge in [-0.1, -0.05) is 59.6 Å². The zero-order valence-electron chi connectivity index (χ0n) is 14.1. The van der Waals surface area contributed by atoms with Crippen molar-refractivity contribution in [1.82, 2.24) is 10.7 Å². The molecule has 0 unspecified atom stereocenters.